The first-order valence-electron chi connectivity index (χ1n) is 11.4. The van der Waals surface area contributed by atoms with E-state index in [0.29, 0.717) is 28.1 Å². The molecule has 0 aliphatic rings. The molecule has 0 aliphatic carbocycles. The highest BCUT2D eigenvalue weighted by molar-refractivity contribution is 7.85. The number of ether oxygens (including phenoxy) is 1. The van der Waals surface area contributed by atoms with Gasteiger partial charge in [0.2, 0.25) is 5.91 Å². The molecular formula is C30H28FNO5S. The molecule has 38 heavy (non-hydrogen) atoms. The van der Waals surface area contributed by atoms with Crippen molar-refractivity contribution in [3.8, 4) is 29.9 Å². The van der Waals surface area contributed by atoms with Gasteiger partial charge in [0.05, 0.1) is 18.5 Å². The molecule has 6 nitrogen and oxygen atoms in total. The fraction of sp³-hybridized carbons (Fsp3) is 0.167. The van der Waals surface area contributed by atoms with Gasteiger partial charge in [0.25, 0.3) is 10.1 Å². The molecule has 0 atom stereocenters. The molecule has 0 saturated heterocycles. The molecular weight excluding hydrogens is 505 g/mol. The Morgan fingerprint density at radius 1 is 1.00 bits per heavy atom. The van der Waals surface area contributed by atoms with Gasteiger partial charge in [-0.25, -0.2) is 4.39 Å². The molecule has 1 amide bonds. The number of carbonyl (C=O) groups is 1. The molecule has 0 radical (unpaired) electrons. The van der Waals surface area contributed by atoms with Gasteiger partial charge in [-0.3, -0.25) is 8.98 Å². The second kappa shape index (κ2) is 14.4. The van der Waals surface area contributed by atoms with E-state index in [1.54, 1.807) is 18.2 Å². The van der Waals surface area contributed by atoms with Crippen molar-refractivity contribution in [1.82, 2.24) is 0 Å². The second-order valence-electron chi connectivity index (χ2n) is 7.72. The fourth-order valence-corrected chi connectivity index (χ4v) is 3.67. The summed E-state index contributed by atoms with van der Waals surface area (Å²) in [6, 6.07) is 18.3. The van der Waals surface area contributed by atoms with Crippen LogP contribution in [0.5, 0.6) is 5.75 Å². The number of terminal acetylenes is 1. The van der Waals surface area contributed by atoms with Crippen LogP contribution in [0.1, 0.15) is 29.2 Å². The minimum absolute atomic E-state index is 0.0105. The summed E-state index contributed by atoms with van der Waals surface area (Å²) in [7, 11) is -3.61. The monoisotopic (exact) mass is 533 g/mol. The van der Waals surface area contributed by atoms with E-state index in [4.69, 9.17) is 15.3 Å². The van der Waals surface area contributed by atoms with Crippen LogP contribution in [0.2, 0.25) is 0 Å². The summed E-state index contributed by atoms with van der Waals surface area (Å²) >= 11 is 0. The molecule has 3 rings (SSSR count). The Hall–Kier alpha value is -4.37. The molecule has 0 spiro atoms. The molecule has 0 aliphatic heterocycles. The number of halogens is 1. The van der Waals surface area contributed by atoms with E-state index in [-0.39, 0.29) is 25.7 Å². The molecule has 8 heteroatoms. The number of carbonyl (C=O) groups excluding carboxylic acids is 1. The number of benzene rings is 3. The van der Waals surface area contributed by atoms with Gasteiger partial charge in [-0.1, -0.05) is 36.0 Å². The highest BCUT2D eigenvalue weighted by atomic mass is 32.2. The Morgan fingerprint density at radius 3 is 2.34 bits per heavy atom. The SMILES string of the molecule is C#Cc1ccc(OCCOS(C)(=O)=O)c(CN(C(C)=O)c2cc(F)ccc2C#Cc2ccccc2)c1.C=C. The van der Waals surface area contributed by atoms with Gasteiger partial charge in [0, 0.05) is 29.2 Å². The van der Waals surface area contributed by atoms with Crippen molar-refractivity contribution in [2.45, 2.75) is 13.5 Å². The van der Waals surface area contributed by atoms with Crippen LogP contribution < -0.4 is 9.64 Å². The van der Waals surface area contributed by atoms with Crippen LogP contribution in [0.25, 0.3) is 0 Å². The van der Waals surface area contributed by atoms with E-state index >= 15 is 0 Å². The van der Waals surface area contributed by atoms with Crippen LogP contribution in [0.3, 0.4) is 0 Å². The second-order valence-corrected chi connectivity index (χ2v) is 9.37. The average Bonchev–Trinajstić information content (AvgIpc) is 2.90. The molecule has 0 N–H and O–H groups in total. The zero-order valence-electron chi connectivity index (χ0n) is 21.2. The predicted molar refractivity (Wildman–Crippen MR) is 148 cm³/mol. The van der Waals surface area contributed by atoms with Gasteiger partial charge < -0.3 is 9.64 Å². The quantitative estimate of drug-likeness (QED) is 0.178. The van der Waals surface area contributed by atoms with Gasteiger partial charge in [-0.2, -0.15) is 8.42 Å². The molecule has 0 saturated carbocycles. The van der Waals surface area contributed by atoms with Crippen LogP contribution in [-0.2, 0) is 25.6 Å². The minimum atomic E-state index is -3.61. The van der Waals surface area contributed by atoms with Crippen LogP contribution in [-0.4, -0.2) is 33.8 Å². The summed E-state index contributed by atoms with van der Waals surface area (Å²) in [5.41, 5.74) is 2.63. The van der Waals surface area contributed by atoms with E-state index < -0.39 is 15.9 Å². The van der Waals surface area contributed by atoms with Crippen molar-refractivity contribution >= 4 is 21.7 Å². The normalized spacial score (nSPS) is 10.2. The summed E-state index contributed by atoms with van der Waals surface area (Å²) in [6.07, 6.45) is 6.50. The Bertz CT molecular complexity index is 1470. The minimum Gasteiger partial charge on any atom is -0.491 e. The fourth-order valence-electron chi connectivity index (χ4n) is 3.30. The number of rotatable bonds is 8. The summed E-state index contributed by atoms with van der Waals surface area (Å²) in [6.45, 7) is 7.14. The molecule has 0 bridgehead atoms. The molecule has 196 valence electrons. The van der Waals surface area contributed by atoms with Crippen LogP contribution in [0, 0.1) is 30.0 Å². The van der Waals surface area contributed by atoms with Crippen LogP contribution in [0.15, 0.2) is 79.9 Å². The molecule has 3 aromatic carbocycles. The lowest BCUT2D eigenvalue weighted by Gasteiger charge is -2.24. The van der Waals surface area contributed by atoms with E-state index in [0.717, 1.165) is 11.8 Å². The van der Waals surface area contributed by atoms with Crippen molar-refractivity contribution in [2.75, 3.05) is 24.4 Å². The summed E-state index contributed by atoms with van der Waals surface area (Å²) in [4.78, 5) is 14.1. The maximum Gasteiger partial charge on any atom is 0.264 e. The number of amides is 1. The summed E-state index contributed by atoms with van der Waals surface area (Å²) in [5.74, 6) is 8.10. The maximum absolute atomic E-state index is 14.3. The van der Waals surface area contributed by atoms with E-state index in [1.165, 1.54) is 30.0 Å². The maximum atomic E-state index is 14.3. The van der Waals surface area contributed by atoms with E-state index in [1.807, 2.05) is 30.3 Å². The average molecular weight is 534 g/mol. The first kappa shape index (κ1) is 29.9. The molecule has 0 fully saturated rings. The Labute approximate surface area is 223 Å². The first-order valence-corrected chi connectivity index (χ1v) is 13.2. The smallest absolute Gasteiger partial charge is 0.264 e. The van der Waals surface area contributed by atoms with Crippen molar-refractivity contribution in [2.24, 2.45) is 0 Å². The van der Waals surface area contributed by atoms with E-state index in [2.05, 4.69) is 30.9 Å². The zero-order chi connectivity index (χ0) is 28.1. The topological polar surface area (TPSA) is 72.9 Å². The predicted octanol–water partition coefficient (Wildman–Crippen LogP) is 4.92. The highest BCUT2D eigenvalue weighted by Gasteiger charge is 2.19. The van der Waals surface area contributed by atoms with Crippen molar-refractivity contribution in [3.05, 3.63) is 108 Å². The van der Waals surface area contributed by atoms with Gasteiger partial charge in [-0.05, 0) is 48.5 Å². The summed E-state index contributed by atoms with van der Waals surface area (Å²) in [5, 5.41) is 0. The number of nitrogens with zero attached hydrogens (tertiary/aromatic N) is 1. The lowest BCUT2D eigenvalue weighted by atomic mass is 10.1. The molecule has 0 aromatic heterocycles. The van der Waals surface area contributed by atoms with Gasteiger partial charge >= 0.3 is 0 Å². The van der Waals surface area contributed by atoms with Gasteiger partial charge in [0.1, 0.15) is 24.8 Å². The van der Waals surface area contributed by atoms with Crippen LogP contribution >= 0.6 is 0 Å². The zero-order valence-corrected chi connectivity index (χ0v) is 22.1. The number of anilines is 1. The first-order chi connectivity index (χ1) is 18.2. The Kier molecular flexibility index (Phi) is 11.3. The van der Waals surface area contributed by atoms with Gasteiger partial charge in [0.15, 0.2) is 0 Å². The molecule has 0 unspecified atom stereocenters. The van der Waals surface area contributed by atoms with Crippen molar-refractivity contribution < 1.29 is 26.5 Å². The van der Waals surface area contributed by atoms with Crippen molar-refractivity contribution in [1.29, 1.82) is 0 Å². The lowest BCUT2D eigenvalue weighted by Crippen LogP contribution is -2.29. The van der Waals surface area contributed by atoms with Crippen LogP contribution in [0.4, 0.5) is 10.1 Å². The number of hydrogen-bond donors (Lipinski definition) is 0. The van der Waals surface area contributed by atoms with E-state index in [9.17, 15) is 17.6 Å². The van der Waals surface area contributed by atoms with Gasteiger partial charge in [-0.15, -0.1) is 19.6 Å². The lowest BCUT2D eigenvalue weighted by molar-refractivity contribution is -0.116. The third-order valence-corrected chi connectivity index (χ3v) is 5.53. The Balaban J connectivity index is 0.00000247. The largest absolute Gasteiger partial charge is 0.491 e. The third-order valence-electron chi connectivity index (χ3n) is 4.94. The highest BCUT2D eigenvalue weighted by Crippen LogP contribution is 2.28. The molecule has 3 aromatic rings. The standard InChI is InChI=1S/C28H24FNO5S.C2H4/c1-4-22-11-15-28(34-16-17-35-36(3,32)33)25(18-22)20-30(21(2)31)27-19-26(29)14-13-24(27)12-10-23-8-6-5-7-9-23;1-2/h1,5-9,11,13-15,18-19H,16-17,20H2,2-3H3;1-2H2. The molecule has 0 heterocycles. The Morgan fingerprint density at radius 2 is 1.71 bits per heavy atom. The summed E-state index contributed by atoms with van der Waals surface area (Å²) < 4.78 is 47.1. The number of hydrogen-bond acceptors (Lipinski definition) is 5. The van der Waals surface area contributed by atoms with Crippen molar-refractivity contribution in [3.63, 3.8) is 0 Å². The third kappa shape index (κ3) is 9.25.